The third-order valence-electron chi connectivity index (χ3n) is 4.61. The Morgan fingerprint density at radius 2 is 1.97 bits per heavy atom. The lowest BCUT2D eigenvalue weighted by Crippen LogP contribution is -2.25. The van der Waals surface area contributed by atoms with Gasteiger partial charge in [-0.3, -0.25) is 18.8 Å². The maximum atomic E-state index is 13.0. The fourth-order valence-corrected chi connectivity index (χ4v) is 3.99. The molecule has 1 amide bonds. The summed E-state index contributed by atoms with van der Waals surface area (Å²) in [6.45, 7) is 6.67. The highest BCUT2D eigenvalue weighted by Gasteiger charge is 2.18. The smallest absolute Gasteiger partial charge is 0.280 e. The number of rotatable bonds is 8. The summed E-state index contributed by atoms with van der Waals surface area (Å²) in [5.74, 6) is 0.972. The molecule has 2 heterocycles. The summed E-state index contributed by atoms with van der Waals surface area (Å²) in [7, 11) is 3.09. The van der Waals surface area contributed by atoms with Crippen LogP contribution in [0.15, 0.2) is 28.2 Å². The van der Waals surface area contributed by atoms with Gasteiger partial charge in [-0.2, -0.15) is 5.10 Å². The van der Waals surface area contributed by atoms with Crippen molar-refractivity contribution >= 4 is 34.4 Å². The van der Waals surface area contributed by atoms with Gasteiger partial charge in [0, 0.05) is 19.2 Å². The maximum Gasteiger partial charge on any atom is 0.280 e. The van der Waals surface area contributed by atoms with Crippen LogP contribution < -0.4 is 20.3 Å². The zero-order chi connectivity index (χ0) is 21.8. The molecule has 2 aromatic heterocycles. The molecule has 3 rings (SSSR count). The van der Waals surface area contributed by atoms with Crippen molar-refractivity contribution in [1.82, 2.24) is 19.3 Å². The average Bonchev–Trinajstić information content (AvgIpc) is 3.08. The maximum absolute atomic E-state index is 13.0. The average molecular weight is 432 g/mol. The van der Waals surface area contributed by atoms with Gasteiger partial charge in [0.25, 0.3) is 5.56 Å². The molecule has 9 nitrogen and oxygen atoms in total. The van der Waals surface area contributed by atoms with Crippen LogP contribution in [0.5, 0.6) is 11.5 Å². The molecule has 1 aromatic carbocycles. The van der Waals surface area contributed by atoms with E-state index in [0.717, 1.165) is 0 Å². The minimum Gasteiger partial charge on any atom is -0.497 e. The van der Waals surface area contributed by atoms with Crippen LogP contribution >= 0.6 is 11.8 Å². The van der Waals surface area contributed by atoms with Crippen molar-refractivity contribution in [2.24, 2.45) is 0 Å². The number of nitrogens with one attached hydrogen (secondary N) is 1. The van der Waals surface area contributed by atoms with Crippen molar-refractivity contribution in [1.29, 1.82) is 0 Å². The zero-order valence-corrected chi connectivity index (χ0v) is 18.5. The molecule has 0 saturated carbocycles. The summed E-state index contributed by atoms with van der Waals surface area (Å²) in [5.41, 5.74) is 2.12. The Kier molecular flexibility index (Phi) is 6.66. The monoisotopic (exact) mass is 431 g/mol. The van der Waals surface area contributed by atoms with E-state index >= 15 is 0 Å². The standard InChI is InChI=1S/C20H25N5O4S/c1-6-24-19(27)18-17(12(3)23-25(18)7-2)22-20(24)30-11-16(26)21-14-10-13(28-4)8-9-15(14)29-5/h8-10H,6-7,11H2,1-5H3,(H,21,26). The number of fused-ring (bicyclic) bond motifs is 1. The fourth-order valence-electron chi connectivity index (χ4n) is 3.13. The molecule has 0 unspecified atom stereocenters. The fraction of sp³-hybridized carbons (Fsp3) is 0.400. The lowest BCUT2D eigenvalue weighted by molar-refractivity contribution is -0.113. The first-order valence-corrected chi connectivity index (χ1v) is 10.5. The Hall–Kier alpha value is -3.01. The highest BCUT2D eigenvalue weighted by atomic mass is 32.2. The number of benzene rings is 1. The first-order chi connectivity index (χ1) is 14.4. The number of methoxy groups -OCH3 is 2. The van der Waals surface area contributed by atoms with Crippen molar-refractivity contribution in [3.8, 4) is 11.5 Å². The number of anilines is 1. The third kappa shape index (κ3) is 4.13. The predicted octanol–water partition coefficient (Wildman–Crippen LogP) is 2.69. The van der Waals surface area contributed by atoms with E-state index in [1.165, 1.54) is 18.9 Å². The quantitative estimate of drug-likeness (QED) is 0.432. The molecule has 0 atom stereocenters. The summed E-state index contributed by atoms with van der Waals surface area (Å²) in [4.78, 5) is 30.2. The van der Waals surface area contributed by atoms with Crippen LogP contribution in [0, 0.1) is 6.92 Å². The van der Waals surface area contributed by atoms with Crippen LogP contribution in [0.2, 0.25) is 0 Å². The van der Waals surface area contributed by atoms with E-state index in [4.69, 9.17) is 9.47 Å². The summed E-state index contributed by atoms with van der Waals surface area (Å²) < 4.78 is 13.7. The Balaban J connectivity index is 1.84. The third-order valence-corrected chi connectivity index (χ3v) is 5.59. The molecule has 0 spiro atoms. The van der Waals surface area contributed by atoms with Gasteiger partial charge in [0.2, 0.25) is 5.91 Å². The molecule has 0 aliphatic rings. The van der Waals surface area contributed by atoms with E-state index in [0.29, 0.717) is 52.2 Å². The molecule has 10 heteroatoms. The van der Waals surface area contributed by atoms with Crippen molar-refractivity contribution in [3.05, 3.63) is 34.2 Å². The summed E-state index contributed by atoms with van der Waals surface area (Å²) in [5, 5.41) is 7.71. The molecule has 1 N–H and O–H groups in total. The molecule has 0 fully saturated rings. The van der Waals surface area contributed by atoms with Crippen LogP contribution in [0.1, 0.15) is 19.5 Å². The Bertz CT molecular complexity index is 1140. The number of hydrogen-bond acceptors (Lipinski definition) is 7. The van der Waals surface area contributed by atoms with E-state index in [-0.39, 0.29) is 17.2 Å². The van der Waals surface area contributed by atoms with E-state index < -0.39 is 0 Å². The van der Waals surface area contributed by atoms with Crippen molar-refractivity contribution in [2.45, 2.75) is 39.0 Å². The Morgan fingerprint density at radius 1 is 1.20 bits per heavy atom. The topological polar surface area (TPSA) is 100 Å². The first kappa shape index (κ1) is 21.7. The second kappa shape index (κ2) is 9.21. The Morgan fingerprint density at radius 3 is 2.60 bits per heavy atom. The van der Waals surface area contributed by atoms with Gasteiger partial charge in [0.05, 0.1) is 31.4 Å². The number of aromatic nitrogens is 4. The lowest BCUT2D eigenvalue weighted by atomic mass is 10.2. The zero-order valence-electron chi connectivity index (χ0n) is 17.7. The number of amides is 1. The molecule has 0 bridgehead atoms. The van der Waals surface area contributed by atoms with Gasteiger partial charge in [0.15, 0.2) is 10.7 Å². The highest BCUT2D eigenvalue weighted by Crippen LogP contribution is 2.29. The van der Waals surface area contributed by atoms with Crippen LogP contribution in [-0.2, 0) is 17.9 Å². The summed E-state index contributed by atoms with van der Waals surface area (Å²) in [6.07, 6.45) is 0. The highest BCUT2D eigenvalue weighted by molar-refractivity contribution is 7.99. The van der Waals surface area contributed by atoms with Crippen LogP contribution in [-0.4, -0.2) is 45.2 Å². The van der Waals surface area contributed by atoms with Gasteiger partial charge < -0.3 is 14.8 Å². The van der Waals surface area contributed by atoms with Crippen LogP contribution in [0.4, 0.5) is 5.69 Å². The van der Waals surface area contributed by atoms with E-state index in [9.17, 15) is 9.59 Å². The van der Waals surface area contributed by atoms with Crippen molar-refractivity contribution in [2.75, 3.05) is 25.3 Å². The second-order valence-corrected chi connectivity index (χ2v) is 7.39. The largest absolute Gasteiger partial charge is 0.497 e. The van der Waals surface area contributed by atoms with Crippen molar-refractivity contribution < 1.29 is 14.3 Å². The number of hydrogen-bond donors (Lipinski definition) is 1. The molecule has 0 saturated heterocycles. The minimum absolute atomic E-state index is 0.0826. The molecular formula is C20H25N5O4S. The van der Waals surface area contributed by atoms with E-state index in [2.05, 4.69) is 15.4 Å². The van der Waals surface area contributed by atoms with Gasteiger partial charge >= 0.3 is 0 Å². The van der Waals surface area contributed by atoms with E-state index in [1.54, 1.807) is 34.6 Å². The number of ether oxygens (including phenoxy) is 2. The number of aryl methyl sites for hydroxylation is 2. The van der Waals surface area contributed by atoms with Gasteiger partial charge in [-0.05, 0) is 32.9 Å². The van der Waals surface area contributed by atoms with Gasteiger partial charge in [-0.15, -0.1) is 0 Å². The molecule has 0 radical (unpaired) electrons. The van der Waals surface area contributed by atoms with Gasteiger partial charge in [-0.25, -0.2) is 4.98 Å². The van der Waals surface area contributed by atoms with Crippen LogP contribution in [0.25, 0.3) is 11.0 Å². The molecule has 3 aromatic rings. The molecule has 0 aliphatic heterocycles. The number of nitrogens with zero attached hydrogens (tertiary/aromatic N) is 4. The SMILES string of the molecule is CCn1c(SCC(=O)Nc2cc(OC)ccc2OC)nc2c(C)nn(CC)c2c1=O. The summed E-state index contributed by atoms with van der Waals surface area (Å²) in [6, 6.07) is 5.16. The molecule has 160 valence electrons. The van der Waals surface area contributed by atoms with Crippen molar-refractivity contribution in [3.63, 3.8) is 0 Å². The second-order valence-electron chi connectivity index (χ2n) is 6.45. The first-order valence-electron chi connectivity index (χ1n) is 9.56. The van der Waals surface area contributed by atoms with Gasteiger partial charge in [0.1, 0.15) is 17.0 Å². The van der Waals surface area contributed by atoms with Gasteiger partial charge in [-0.1, -0.05) is 11.8 Å². The predicted molar refractivity (Wildman–Crippen MR) is 117 cm³/mol. The summed E-state index contributed by atoms with van der Waals surface area (Å²) >= 11 is 1.21. The number of thioether (sulfide) groups is 1. The number of carbonyl (C=O) groups excluding carboxylic acids is 1. The van der Waals surface area contributed by atoms with Crippen LogP contribution in [0.3, 0.4) is 0 Å². The Labute approximate surface area is 178 Å². The minimum atomic E-state index is -0.246. The molecule has 30 heavy (non-hydrogen) atoms. The molecule has 0 aliphatic carbocycles. The number of carbonyl (C=O) groups is 1. The normalized spacial score (nSPS) is 11.0. The molecular weight excluding hydrogens is 406 g/mol. The lowest BCUT2D eigenvalue weighted by Gasteiger charge is -2.13. The van der Waals surface area contributed by atoms with E-state index in [1.807, 2.05) is 20.8 Å².